The lowest BCUT2D eigenvalue weighted by Crippen LogP contribution is -2.13. The van der Waals surface area contributed by atoms with Gasteiger partial charge in [-0.15, -0.1) is 0 Å². The molecule has 6 nitrogen and oxygen atoms in total. The van der Waals surface area contributed by atoms with E-state index in [0.717, 1.165) is 6.26 Å². The van der Waals surface area contributed by atoms with Crippen molar-refractivity contribution in [2.45, 2.75) is 0 Å². The van der Waals surface area contributed by atoms with Crippen molar-refractivity contribution in [3.63, 3.8) is 0 Å². The highest BCUT2D eigenvalue weighted by molar-refractivity contribution is 7.90. The minimum atomic E-state index is -3.08. The molecule has 1 heterocycles. The lowest BCUT2D eigenvalue weighted by atomic mass is 10.2. The van der Waals surface area contributed by atoms with Crippen molar-refractivity contribution in [3.8, 4) is 5.75 Å². The lowest BCUT2D eigenvalue weighted by molar-refractivity contribution is 0.102. The third-order valence-electron chi connectivity index (χ3n) is 2.80. The largest absolute Gasteiger partial charge is 0.492 e. The molecule has 122 valence electrons. The second kappa shape index (κ2) is 7.43. The SMILES string of the molecule is CS(=O)(=O)CCOc1cccc(NC(=O)c2ccnc(Cl)c2)c1. The third-order valence-corrected chi connectivity index (χ3v) is 3.92. The average molecular weight is 355 g/mol. The van der Waals surface area contributed by atoms with E-state index in [2.05, 4.69) is 10.3 Å². The van der Waals surface area contributed by atoms with Gasteiger partial charge in [0.15, 0.2) is 9.84 Å². The topological polar surface area (TPSA) is 85.4 Å². The number of sulfone groups is 1. The molecule has 23 heavy (non-hydrogen) atoms. The Hall–Kier alpha value is -2.12. The van der Waals surface area contributed by atoms with Gasteiger partial charge >= 0.3 is 0 Å². The number of rotatable bonds is 6. The van der Waals surface area contributed by atoms with Gasteiger partial charge in [0.25, 0.3) is 5.91 Å². The quantitative estimate of drug-likeness (QED) is 0.805. The zero-order chi connectivity index (χ0) is 16.9. The number of hydrogen-bond acceptors (Lipinski definition) is 5. The van der Waals surface area contributed by atoms with Crippen LogP contribution in [0, 0.1) is 0 Å². The highest BCUT2D eigenvalue weighted by Gasteiger charge is 2.08. The molecule has 0 fully saturated rings. The molecule has 0 saturated heterocycles. The number of carbonyl (C=O) groups is 1. The summed E-state index contributed by atoms with van der Waals surface area (Å²) in [6.07, 6.45) is 2.59. The van der Waals surface area contributed by atoms with Crippen LogP contribution in [0.3, 0.4) is 0 Å². The van der Waals surface area contributed by atoms with E-state index in [0.29, 0.717) is 17.0 Å². The van der Waals surface area contributed by atoms with Crippen LogP contribution in [0.15, 0.2) is 42.6 Å². The molecular formula is C15H15ClN2O4S. The van der Waals surface area contributed by atoms with Crippen molar-refractivity contribution >= 4 is 33.0 Å². The van der Waals surface area contributed by atoms with E-state index in [1.807, 2.05) is 0 Å². The van der Waals surface area contributed by atoms with Gasteiger partial charge in [-0.2, -0.15) is 0 Å². The first-order valence-corrected chi connectivity index (χ1v) is 9.11. The lowest BCUT2D eigenvalue weighted by Gasteiger charge is -2.09. The molecule has 2 rings (SSSR count). The number of nitrogens with one attached hydrogen (secondary N) is 1. The number of halogens is 1. The summed E-state index contributed by atoms with van der Waals surface area (Å²) in [5, 5.41) is 2.94. The zero-order valence-corrected chi connectivity index (χ0v) is 13.9. The maximum atomic E-state index is 12.1. The van der Waals surface area contributed by atoms with Crippen molar-refractivity contribution in [1.29, 1.82) is 0 Å². The number of ether oxygens (including phenoxy) is 1. The molecule has 0 atom stereocenters. The predicted molar refractivity (Wildman–Crippen MR) is 88.8 cm³/mol. The Balaban J connectivity index is 2.01. The van der Waals surface area contributed by atoms with Crippen LogP contribution in [0.4, 0.5) is 5.69 Å². The van der Waals surface area contributed by atoms with Crippen LogP contribution in [0.1, 0.15) is 10.4 Å². The van der Waals surface area contributed by atoms with E-state index in [9.17, 15) is 13.2 Å². The maximum Gasteiger partial charge on any atom is 0.255 e. The van der Waals surface area contributed by atoms with Gasteiger partial charge in [0.1, 0.15) is 17.5 Å². The predicted octanol–water partition coefficient (Wildman–Crippen LogP) is 2.41. The Kier molecular flexibility index (Phi) is 5.57. The van der Waals surface area contributed by atoms with Gasteiger partial charge in [-0.3, -0.25) is 4.79 Å². The first-order chi connectivity index (χ1) is 10.8. The summed E-state index contributed by atoms with van der Waals surface area (Å²) >= 11 is 5.75. The van der Waals surface area contributed by atoms with Gasteiger partial charge in [0.2, 0.25) is 0 Å². The van der Waals surface area contributed by atoms with E-state index in [-0.39, 0.29) is 23.4 Å². The van der Waals surface area contributed by atoms with Crippen molar-refractivity contribution in [3.05, 3.63) is 53.3 Å². The minimum Gasteiger partial charge on any atom is -0.492 e. The highest BCUT2D eigenvalue weighted by Crippen LogP contribution is 2.18. The van der Waals surface area contributed by atoms with Crippen molar-refractivity contribution < 1.29 is 17.9 Å². The summed E-state index contributed by atoms with van der Waals surface area (Å²) in [5.74, 6) is 0.0702. The smallest absolute Gasteiger partial charge is 0.255 e. The van der Waals surface area contributed by atoms with Crippen LogP contribution in [0.5, 0.6) is 5.75 Å². The molecule has 1 aromatic carbocycles. The fourth-order valence-electron chi connectivity index (χ4n) is 1.72. The highest BCUT2D eigenvalue weighted by atomic mass is 35.5. The fourth-order valence-corrected chi connectivity index (χ4v) is 2.28. The maximum absolute atomic E-state index is 12.1. The number of anilines is 1. The molecule has 1 amide bonds. The normalized spacial score (nSPS) is 11.0. The Bertz CT molecular complexity index is 809. The molecular weight excluding hydrogens is 340 g/mol. The summed E-state index contributed by atoms with van der Waals surface area (Å²) in [7, 11) is -3.08. The van der Waals surface area contributed by atoms with Crippen LogP contribution in [0.2, 0.25) is 5.15 Å². The summed E-state index contributed by atoms with van der Waals surface area (Å²) in [5.41, 5.74) is 0.910. The Morgan fingerprint density at radius 2 is 2.09 bits per heavy atom. The Morgan fingerprint density at radius 1 is 1.30 bits per heavy atom. The molecule has 0 aliphatic carbocycles. The van der Waals surface area contributed by atoms with Gasteiger partial charge in [-0.1, -0.05) is 17.7 Å². The molecule has 0 bridgehead atoms. The average Bonchev–Trinajstić information content (AvgIpc) is 2.46. The third kappa shape index (κ3) is 5.88. The number of hydrogen-bond donors (Lipinski definition) is 1. The van der Waals surface area contributed by atoms with Crippen LogP contribution < -0.4 is 10.1 Å². The molecule has 0 aliphatic rings. The fraction of sp³-hybridized carbons (Fsp3) is 0.200. The molecule has 0 unspecified atom stereocenters. The van der Waals surface area contributed by atoms with Gasteiger partial charge in [0, 0.05) is 29.8 Å². The molecule has 0 radical (unpaired) electrons. The molecule has 1 N–H and O–H groups in total. The van der Waals surface area contributed by atoms with Gasteiger partial charge in [0.05, 0.1) is 5.75 Å². The van der Waals surface area contributed by atoms with Crippen LogP contribution >= 0.6 is 11.6 Å². The molecule has 2 aromatic rings. The van der Waals surface area contributed by atoms with Crippen molar-refractivity contribution in [2.75, 3.05) is 23.9 Å². The standard InChI is InChI=1S/C15H15ClN2O4S/c1-23(20,21)8-7-22-13-4-2-3-12(10-13)18-15(19)11-5-6-17-14(16)9-11/h2-6,9-10H,7-8H2,1H3,(H,18,19). The first-order valence-electron chi connectivity index (χ1n) is 6.67. The van der Waals surface area contributed by atoms with Crippen molar-refractivity contribution in [1.82, 2.24) is 4.98 Å². The second-order valence-electron chi connectivity index (χ2n) is 4.83. The molecule has 0 saturated carbocycles. The van der Waals surface area contributed by atoms with E-state index in [1.165, 1.54) is 12.3 Å². The number of amides is 1. The monoisotopic (exact) mass is 354 g/mol. The summed E-state index contributed by atoms with van der Waals surface area (Å²) in [6.45, 7) is 0.0518. The zero-order valence-electron chi connectivity index (χ0n) is 12.3. The molecule has 0 spiro atoms. The van der Waals surface area contributed by atoms with E-state index < -0.39 is 9.84 Å². The van der Waals surface area contributed by atoms with E-state index >= 15 is 0 Å². The van der Waals surface area contributed by atoms with Gasteiger partial charge in [-0.25, -0.2) is 13.4 Å². The minimum absolute atomic E-state index is 0.0518. The second-order valence-corrected chi connectivity index (χ2v) is 7.47. The number of aromatic nitrogens is 1. The van der Waals surface area contributed by atoms with Gasteiger partial charge in [-0.05, 0) is 24.3 Å². The molecule has 0 aliphatic heterocycles. The summed E-state index contributed by atoms with van der Waals surface area (Å²) in [4.78, 5) is 15.9. The number of nitrogens with zero attached hydrogens (tertiary/aromatic N) is 1. The molecule has 1 aromatic heterocycles. The van der Waals surface area contributed by atoms with Crippen LogP contribution in [-0.4, -0.2) is 37.9 Å². The Morgan fingerprint density at radius 3 is 2.78 bits per heavy atom. The summed E-state index contributed by atoms with van der Waals surface area (Å²) < 4.78 is 27.5. The van der Waals surface area contributed by atoms with E-state index in [4.69, 9.17) is 16.3 Å². The first kappa shape index (κ1) is 17.2. The number of benzene rings is 1. The molecule has 8 heteroatoms. The van der Waals surface area contributed by atoms with Gasteiger partial charge < -0.3 is 10.1 Å². The van der Waals surface area contributed by atoms with Crippen LogP contribution in [0.25, 0.3) is 0 Å². The van der Waals surface area contributed by atoms with Crippen molar-refractivity contribution in [2.24, 2.45) is 0 Å². The van der Waals surface area contributed by atoms with Crippen LogP contribution in [-0.2, 0) is 9.84 Å². The van der Waals surface area contributed by atoms with E-state index in [1.54, 1.807) is 30.3 Å². The number of carbonyl (C=O) groups excluding carboxylic acids is 1. The summed E-state index contributed by atoms with van der Waals surface area (Å²) in [6, 6.07) is 9.70. The Labute approximate surface area is 139 Å². The number of pyridine rings is 1.